The average molecular weight is 308 g/mol. The number of rotatable bonds is 5. The summed E-state index contributed by atoms with van der Waals surface area (Å²) in [5.41, 5.74) is 1.94. The first-order valence-corrected chi connectivity index (χ1v) is 8.59. The third-order valence-electron chi connectivity index (χ3n) is 3.54. The molecule has 0 unspecified atom stereocenters. The van der Waals surface area contributed by atoms with E-state index in [1.807, 2.05) is 32.2 Å². The predicted octanol–water partition coefficient (Wildman–Crippen LogP) is 2.58. The highest BCUT2D eigenvalue weighted by molar-refractivity contribution is 7.90. The monoisotopic (exact) mass is 308 g/mol. The molecule has 21 heavy (non-hydrogen) atoms. The minimum atomic E-state index is -3.15. The fourth-order valence-corrected chi connectivity index (χ4v) is 2.76. The zero-order valence-electron chi connectivity index (χ0n) is 12.7. The van der Waals surface area contributed by atoms with Crippen LogP contribution in [0.3, 0.4) is 0 Å². The maximum Gasteiger partial charge on any atom is 0.175 e. The van der Waals surface area contributed by atoms with Crippen molar-refractivity contribution >= 4 is 9.84 Å². The van der Waals surface area contributed by atoms with Crippen LogP contribution in [-0.4, -0.2) is 31.8 Å². The number of benzene rings is 1. The summed E-state index contributed by atoms with van der Waals surface area (Å²) in [6.45, 7) is 4.61. The van der Waals surface area contributed by atoms with E-state index >= 15 is 0 Å². The molecule has 0 saturated heterocycles. The van der Waals surface area contributed by atoms with Crippen LogP contribution in [0.1, 0.15) is 30.0 Å². The zero-order chi connectivity index (χ0) is 15.6. The Balaban J connectivity index is 2.10. The Bertz CT molecular complexity index is 705. The molecule has 0 spiro atoms. The van der Waals surface area contributed by atoms with Crippen molar-refractivity contribution in [2.24, 2.45) is 0 Å². The summed E-state index contributed by atoms with van der Waals surface area (Å²) >= 11 is 0. The van der Waals surface area contributed by atoms with Crippen LogP contribution in [0.15, 0.2) is 39.8 Å². The van der Waals surface area contributed by atoms with Crippen LogP contribution >= 0.6 is 0 Å². The standard InChI is InChI=1S/C15H20N2O3S/c1-11-9-14(16-20-11)10-17(3)12(2)13-5-7-15(8-6-13)21(4,18)19/h5-9,12H,10H2,1-4H3/t12-/m1/s1. The molecule has 6 heteroatoms. The van der Waals surface area contributed by atoms with Crippen LogP contribution in [0.2, 0.25) is 0 Å². The molecule has 1 heterocycles. The number of aromatic nitrogens is 1. The molecule has 0 saturated carbocycles. The van der Waals surface area contributed by atoms with Gasteiger partial charge in [-0.3, -0.25) is 4.90 Å². The van der Waals surface area contributed by atoms with Gasteiger partial charge in [0.25, 0.3) is 0 Å². The molecule has 0 amide bonds. The van der Waals surface area contributed by atoms with E-state index in [0.717, 1.165) is 17.0 Å². The molecular formula is C15H20N2O3S. The molecule has 114 valence electrons. The number of nitrogens with zero attached hydrogens (tertiary/aromatic N) is 2. The van der Waals surface area contributed by atoms with Crippen molar-refractivity contribution in [3.8, 4) is 0 Å². The Labute approximate surface area is 125 Å². The van der Waals surface area contributed by atoms with Gasteiger partial charge in [0.15, 0.2) is 9.84 Å². The van der Waals surface area contributed by atoms with E-state index in [0.29, 0.717) is 11.4 Å². The lowest BCUT2D eigenvalue weighted by molar-refractivity contribution is 0.244. The highest BCUT2D eigenvalue weighted by Gasteiger charge is 2.15. The van der Waals surface area contributed by atoms with Gasteiger partial charge in [-0.15, -0.1) is 0 Å². The van der Waals surface area contributed by atoms with Crippen molar-refractivity contribution < 1.29 is 12.9 Å². The van der Waals surface area contributed by atoms with Gasteiger partial charge < -0.3 is 4.52 Å². The number of sulfone groups is 1. The van der Waals surface area contributed by atoms with E-state index in [1.54, 1.807) is 12.1 Å². The normalized spacial score (nSPS) is 13.6. The second-order valence-corrected chi connectivity index (χ2v) is 7.38. The molecule has 1 atom stereocenters. The second-order valence-electron chi connectivity index (χ2n) is 5.36. The average Bonchev–Trinajstić information content (AvgIpc) is 2.82. The molecule has 0 aliphatic carbocycles. The van der Waals surface area contributed by atoms with Crippen LogP contribution in [-0.2, 0) is 16.4 Å². The van der Waals surface area contributed by atoms with E-state index in [4.69, 9.17) is 4.52 Å². The molecule has 0 bridgehead atoms. The molecule has 0 fully saturated rings. The maximum absolute atomic E-state index is 11.5. The lowest BCUT2D eigenvalue weighted by Gasteiger charge is -2.24. The van der Waals surface area contributed by atoms with E-state index in [2.05, 4.69) is 17.0 Å². The Morgan fingerprint density at radius 2 is 1.90 bits per heavy atom. The van der Waals surface area contributed by atoms with Gasteiger partial charge in [0.05, 0.1) is 10.6 Å². The van der Waals surface area contributed by atoms with Crippen molar-refractivity contribution in [2.45, 2.75) is 31.3 Å². The minimum Gasteiger partial charge on any atom is -0.361 e. The summed E-state index contributed by atoms with van der Waals surface area (Å²) in [6, 6.07) is 9.06. The number of hydrogen-bond donors (Lipinski definition) is 0. The van der Waals surface area contributed by atoms with Crippen LogP contribution in [0, 0.1) is 6.92 Å². The first kappa shape index (κ1) is 15.7. The van der Waals surface area contributed by atoms with E-state index < -0.39 is 9.84 Å². The van der Waals surface area contributed by atoms with Crippen molar-refractivity contribution in [1.82, 2.24) is 10.1 Å². The van der Waals surface area contributed by atoms with Crippen molar-refractivity contribution in [3.63, 3.8) is 0 Å². The van der Waals surface area contributed by atoms with Gasteiger partial charge in [-0.1, -0.05) is 17.3 Å². The lowest BCUT2D eigenvalue weighted by atomic mass is 10.1. The SMILES string of the molecule is Cc1cc(CN(C)[C@H](C)c2ccc(S(C)(=O)=O)cc2)no1. The summed E-state index contributed by atoms with van der Waals surface area (Å²) in [5.74, 6) is 0.795. The molecule has 0 aliphatic rings. The summed E-state index contributed by atoms with van der Waals surface area (Å²) in [6.07, 6.45) is 1.21. The predicted molar refractivity (Wildman–Crippen MR) is 80.7 cm³/mol. The third-order valence-corrected chi connectivity index (χ3v) is 4.67. The Morgan fingerprint density at radius 3 is 2.38 bits per heavy atom. The maximum atomic E-state index is 11.5. The molecule has 5 nitrogen and oxygen atoms in total. The first-order chi connectivity index (χ1) is 9.77. The van der Waals surface area contributed by atoms with Crippen molar-refractivity contribution in [3.05, 3.63) is 47.3 Å². The van der Waals surface area contributed by atoms with Gasteiger partial charge >= 0.3 is 0 Å². The zero-order valence-corrected chi connectivity index (χ0v) is 13.5. The van der Waals surface area contributed by atoms with E-state index in [9.17, 15) is 8.42 Å². The smallest absolute Gasteiger partial charge is 0.175 e. The molecule has 0 N–H and O–H groups in total. The molecule has 0 aliphatic heterocycles. The Hall–Kier alpha value is -1.66. The fraction of sp³-hybridized carbons (Fsp3) is 0.400. The molecule has 1 aromatic carbocycles. The molecule has 2 rings (SSSR count). The number of aryl methyl sites for hydroxylation is 1. The van der Waals surface area contributed by atoms with Gasteiger partial charge in [-0.2, -0.15) is 0 Å². The minimum absolute atomic E-state index is 0.149. The molecule has 0 radical (unpaired) electrons. The largest absolute Gasteiger partial charge is 0.361 e. The van der Waals surface area contributed by atoms with Gasteiger partial charge in [0, 0.05) is 24.9 Å². The molecular weight excluding hydrogens is 288 g/mol. The fourth-order valence-electron chi connectivity index (χ4n) is 2.13. The number of hydrogen-bond acceptors (Lipinski definition) is 5. The van der Waals surface area contributed by atoms with Crippen LogP contribution in [0.25, 0.3) is 0 Å². The summed E-state index contributed by atoms with van der Waals surface area (Å²) in [4.78, 5) is 2.47. The van der Waals surface area contributed by atoms with Gasteiger partial charge in [0.2, 0.25) is 0 Å². The summed E-state index contributed by atoms with van der Waals surface area (Å²) in [5, 5.41) is 3.98. The van der Waals surface area contributed by atoms with Gasteiger partial charge in [0.1, 0.15) is 5.76 Å². The van der Waals surface area contributed by atoms with Crippen LogP contribution in [0.4, 0.5) is 0 Å². The third kappa shape index (κ3) is 3.92. The van der Waals surface area contributed by atoms with Crippen LogP contribution < -0.4 is 0 Å². The van der Waals surface area contributed by atoms with Crippen molar-refractivity contribution in [2.75, 3.05) is 13.3 Å². The van der Waals surface area contributed by atoms with Crippen molar-refractivity contribution in [1.29, 1.82) is 0 Å². The van der Waals surface area contributed by atoms with E-state index in [1.165, 1.54) is 6.26 Å². The quantitative estimate of drug-likeness (QED) is 0.849. The van der Waals surface area contributed by atoms with Gasteiger partial charge in [-0.05, 0) is 38.6 Å². The Kier molecular flexibility index (Phi) is 4.49. The summed E-state index contributed by atoms with van der Waals surface area (Å²) < 4.78 is 28.0. The van der Waals surface area contributed by atoms with Crippen LogP contribution in [0.5, 0.6) is 0 Å². The van der Waals surface area contributed by atoms with E-state index in [-0.39, 0.29) is 6.04 Å². The lowest BCUT2D eigenvalue weighted by Crippen LogP contribution is -2.22. The Morgan fingerprint density at radius 1 is 1.29 bits per heavy atom. The first-order valence-electron chi connectivity index (χ1n) is 6.70. The van der Waals surface area contributed by atoms with Gasteiger partial charge in [-0.25, -0.2) is 8.42 Å². The summed E-state index contributed by atoms with van der Waals surface area (Å²) in [7, 11) is -1.15. The molecule has 2 aromatic rings. The highest BCUT2D eigenvalue weighted by atomic mass is 32.2. The highest BCUT2D eigenvalue weighted by Crippen LogP contribution is 2.22. The molecule has 1 aromatic heterocycles. The second kappa shape index (κ2) is 5.99. The topological polar surface area (TPSA) is 63.4 Å².